The van der Waals surface area contributed by atoms with Crippen molar-refractivity contribution in [1.29, 1.82) is 0 Å². The summed E-state index contributed by atoms with van der Waals surface area (Å²) >= 11 is 0. The molecule has 0 saturated heterocycles. The van der Waals surface area contributed by atoms with Gasteiger partial charge in [0.05, 0.1) is 0 Å². The molecule has 128 valence electrons. The summed E-state index contributed by atoms with van der Waals surface area (Å²) in [5.41, 5.74) is 0.717. The van der Waals surface area contributed by atoms with E-state index in [1.165, 1.54) is 36.4 Å². The fourth-order valence-electron chi connectivity index (χ4n) is 3.11. The zero-order valence-electron chi connectivity index (χ0n) is 13.8. The van der Waals surface area contributed by atoms with E-state index in [1.807, 2.05) is 30.3 Å². The molecule has 0 atom stereocenters. The van der Waals surface area contributed by atoms with Gasteiger partial charge in [0.15, 0.2) is 11.4 Å². The van der Waals surface area contributed by atoms with Gasteiger partial charge in [-0.25, -0.2) is 9.38 Å². The van der Waals surface area contributed by atoms with Crippen molar-refractivity contribution in [2.24, 2.45) is 4.99 Å². The van der Waals surface area contributed by atoms with Crippen molar-refractivity contribution in [2.75, 3.05) is 0 Å². The highest BCUT2D eigenvalue weighted by Crippen LogP contribution is 2.33. The number of amides is 1. The van der Waals surface area contributed by atoms with Crippen LogP contribution in [-0.4, -0.2) is 28.0 Å². The summed E-state index contributed by atoms with van der Waals surface area (Å²) in [6, 6.07) is 15.2. The van der Waals surface area contributed by atoms with E-state index < -0.39 is 5.66 Å². The van der Waals surface area contributed by atoms with Crippen molar-refractivity contribution >= 4 is 17.4 Å². The van der Waals surface area contributed by atoms with Gasteiger partial charge in [-0.3, -0.25) is 9.59 Å². The Morgan fingerprint density at radius 2 is 1.58 bits per heavy atom. The zero-order valence-corrected chi connectivity index (χ0v) is 13.8. The molecular formula is C21H15FN2O2. The van der Waals surface area contributed by atoms with Crippen LogP contribution in [-0.2, 0) is 16.1 Å². The largest absolute Gasteiger partial charge is 0.301 e. The van der Waals surface area contributed by atoms with Gasteiger partial charge in [-0.15, -0.1) is 0 Å². The van der Waals surface area contributed by atoms with E-state index in [4.69, 9.17) is 0 Å². The van der Waals surface area contributed by atoms with Gasteiger partial charge >= 0.3 is 0 Å². The molecule has 5 heteroatoms. The van der Waals surface area contributed by atoms with Crippen LogP contribution in [0.5, 0.6) is 0 Å². The van der Waals surface area contributed by atoms with Crippen LogP contribution < -0.4 is 0 Å². The number of carbonyl (C=O) groups is 2. The Morgan fingerprint density at radius 3 is 2.23 bits per heavy atom. The van der Waals surface area contributed by atoms with E-state index in [9.17, 15) is 14.0 Å². The maximum absolute atomic E-state index is 13.2. The van der Waals surface area contributed by atoms with Crippen molar-refractivity contribution < 1.29 is 14.0 Å². The summed E-state index contributed by atoms with van der Waals surface area (Å²) in [6.07, 6.45) is 6.10. The Hall–Kier alpha value is -3.34. The SMILES string of the molecule is O=C1C=CC2(C=C1)N=C(c1ccc(F)cc1)C(=O)N2Cc1ccccc1. The molecule has 2 aromatic carbocycles. The average Bonchev–Trinajstić information content (AvgIpc) is 2.92. The predicted molar refractivity (Wildman–Crippen MR) is 95.9 cm³/mol. The molecular weight excluding hydrogens is 331 g/mol. The highest BCUT2D eigenvalue weighted by Gasteiger charge is 2.45. The summed E-state index contributed by atoms with van der Waals surface area (Å²) < 4.78 is 13.2. The van der Waals surface area contributed by atoms with Crippen LogP contribution in [0.25, 0.3) is 0 Å². The molecule has 1 aliphatic heterocycles. The van der Waals surface area contributed by atoms with Crippen LogP contribution in [0.4, 0.5) is 4.39 Å². The van der Waals surface area contributed by atoms with E-state index in [2.05, 4.69) is 4.99 Å². The highest BCUT2D eigenvalue weighted by atomic mass is 19.1. The number of hydrogen-bond acceptors (Lipinski definition) is 3. The van der Waals surface area contributed by atoms with E-state index in [0.717, 1.165) is 5.56 Å². The minimum absolute atomic E-state index is 0.145. The molecule has 0 saturated carbocycles. The minimum atomic E-state index is -1.04. The van der Waals surface area contributed by atoms with Gasteiger partial charge < -0.3 is 4.90 Å². The van der Waals surface area contributed by atoms with Crippen molar-refractivity contribution in [3.8, 4) is 0 Å². The lowest BCUT2D eigenvalue weighted by molar-refractivity contribution is -0.126. The number of nitrogens with zero attached hydrogens (tertiary/aromatic N) is 2. The third-order valence-electron chi connectivity index (χ3n) is 4.46. The first kappa shape index (κ1) is 16.1. The Bertz CT molecular complexity index is 943. The second-order valence-electron chi connectivity index (χ2n) is 6.20. The Labute approximate surface area is 150 Å². The number of halogens is 1. The second kappa shape index (κ2) is 6.19. The standard InChI is InChI=1S/C21H15FN2O2/c22-17-8-6-16(7-9-17)19-20(26)24(14-15-4-2-1-3-5-15)21(23-19)12-10-18(25)11-13-21/h1-13H,14H2. The number of aliphatic imine (C=N–C) groups is 1. The Kier molecular flexibility index (Phi) is 3.84. The minimum Gasteiger partial charge on any atom is -0.301 e. The van der Waals surface area contributed by atoms with Crippen LogP contribution in [0, 0.1) is 5.82 Å². The molecule has 1 aliphatic carbocycles. The third-order valence-corrected chi connectivity index (χ3v) is 4.46. The van der Waals surface area contributed by atoms with Gasteiger partial charge in [0.2, 0.25) is 0 Å². The average molecular weight is 346 g/mol. The van der Waals surface area contributed by atoms with Crippen LogP contribution in [0.1, 0.15) is 11.1 Å². The van der Waals surface area contributed by atoms with Gasteiger partial charge in [0.1, 0.15) is 11.5 Å². The van der Waals surface area contributed by atoms with Gasteiger partial charge in [0.25, 0.3) is 5.91 Å². The molecule has 0 bridgehead atoms. The number of ketones is 1. The fourth-order valence-corrected chi connectivity index (χ4v) is 3.11. The summed E-state index contributed by atoms with van der Waals surface area (Å²) in [5, 5.41) is 0. The summed E-state index contributed by atoms with van der Waals surface area (Å²) in [6.45, 7) is 0.344. The van der Waals surface area contributed by atoms with Gasteiger partial charge in [0, 0.05) is 12.1 Å². The number of hydrogen-bond donors (Lipinski definition) is 0. The maximum Gasteiger partial charge on any atom is 0.275 e. The fraction of sp³-hybridized carbons (Fsp3) is 0.0952. The van der Waals surface area contributed by atoms with Gasteiger partial charge in [-0.1, -0.05) is 30.3 Å². The molecule has 1 spiro atoms. The number of rotatable bonds is 3. The van der Waals surface area contributed by atoms with Crippen molar-refractivity contribution in [1.82, 2.24) is 4.90 Å². The van der Waals surface area contributed by atoms with Crippen molar-refractivity contribution in [3.05, 3.63) is 95.8 Å². The number of benzene rings is 2. The van der Waals surface area contributed by atoms with Crippen molar-refractivity contribution in [2.45, 2.75) is 12.2 Å². The van der Waals surface area contributed by atoms with E-state index in [-0.39, 0.29) is 23.2 Å². The van der Waals surface area contributed by atoms with Gasteiger partial charge in [-0.05, 0) is 54.1 Å². The number of carbonyl (C=O) groups excluding carboxylic acids is 2. The monoisotopic (exact) mass is 346 g/mol. The molecule has 0 aromatic heterocycles. The first-order valence-corrected chi connectivity index (χ1v) is 8.21. The molecule has 0 radical (unpaired) electrons. The molecule has 0 unspecified atom stereocenters. The normalized spacial score (nSPS) is 17.9. The van der Waals surface area contributed by atoms with Crippen LogP contribution in [0.3, 0.4) is 0 Å². The lowest BCUT2D eigenvalue weighted by Gasteiger charge is -2.32. The van der Waals surface area contributed by atoms with E-state index >= 15 is 0 Å². The quantitative estimate of drug-likeness (QED) is 0.858. The topological polar surface area (TPSA) is 49.7 Å². The summed E-state index contributed by atoms with van der Waals surface area (Å²) in [4.78, 5) is 30.9. The smallest absolute Gasteiger partial charge is 0.275 e. The molecule has 1 heterocycles. The molecule has 2 aromatic rings. The lowest BCUT2D eigenvalue weighted by atomic mass is 10.0. The molecule has 0 fully saturated rings. The molecule has 4 rings (SSSR count). The molecule has 2 aliphatic rings. The van der Waals surface area contributed by atoms with Crippen LogP contribution in [0.15, 0.2) is 83.9 Å². The van der Waals surface area contributed by atoms with Crippen molar-refractivity contribution in [3.63, 3.8) is 0 Å². The predicted octanol–water partition coefficient (Wildman–Crippen LogP) is 3.05. The van der Waals surface area contributed by atoms with Gasteiger partial charge in [-0.2, -0.15) is 0 Å². The summed E-state index contributed by atoms with van der Waals surface area (Å²) in [7, 11) is 0. The van der Waals surface area contributed by atoms with E-state index in [1.54, 1.807) is 17.1 Å². The highest BCUT2D eigenvalue weighted by molar-refractivity contribution is 6.47. The maximum atomic E-state index is 13.2. The lowest BCUT2D eigenvalue weighted by Crippen LogP contribution is -2.44. The van der Waals surface area contributed by atoms with E-state index in [0.29, 0.717) is 12.1 Å². The molecule has 26 heavy (non-hydrogen) atoms. The number of allylic oxidation sites excluding steroid dienone is 2. The second-order valence-corrected chi connectivity index (χ2v) is 6.20. The summed E-state index contributed by atoms with van der Waals surface area (Å²) in [5.74, 6) is -0.781. The Morgan fingerprint density at radius 1 is 0.923 bits per heavy atom. The molecule has 4 nitrogen and oxygen atoms in total. The van der Waals surface area contributed by atoms with Crippen LogP contribution in [0.2, 0.25) is 0 Å². The van der Waals surface area contributed by atoms with Crippen LogP contribution >= 0.6 is 0 Å². The molecule has 0 N–H and O–H groups in total. The zero-order chi connectivity index (χ0) is 18.1. The third kappa shape index (κ3) is 2.77. The molecule has 1 amide bonds. The first-order chi connectivity index (χ1) is 12.6. The first-order valence-electron chi connectivity index (χ1n) is 8.21. The Balaban J connectivity index is 1.77.